The zero-order valence-electron chi connectivity index (χ0n) is 16.5. The van der Waals surface area contributed by atoms with Crippen LogP contribution in [0.5, 0.6) is 0 Å². The first-order chi connectivity index (χ1) is 14.4. The minimum atomic E-state index is -1.07. The van der Waals surface area contributed by atoms with Gasteiger partial charge >= 0.3 is 11.7 Å². The number of aromatic nitrogens is 2. The molecule has 1 atom stereocenters. The van der Waals surface area contributed by atoms with Crippen LogP contribution >= 0.6 is 0 Å². The number of carbonyl (C=O) groups is 2. The first-order valence-electron chi connectivity index (χ1n) is 9.88. The Morgan fingerprint density at radius 3 is 2.53 bits per heavy atom. The first kappa shape index (κ1) is 19.9. The number of fused-ring (bicyclic) bond motifs is 1. The quantitative estimate of drug-likeness (QED) is 0.560. The summed E-state index contributed by atoms with van der Waals surface area (Å²) in [6.45, 7) is 1.48. The standard InChI is InChI=1S/C22H22FN3O4/c1-13(19(27)24-14-8-9-17-18(12-14)26-21(29)25-17)30-20(28)22(10-4-5-11-22)15-6-2-3-7-16(15)23/h2-3,6-9,12-13H,4-5,10-11H2,1H3,(H,24,27)(H2,25,26,29)/t13-/m1/s1. The molecule has 30 heavy (non-hydrogen) atoms. The van der Waals surface area contributed by atoms with Gasteiger partial charge in [0.05, 0.1) is 16.4 Å². The number of rotatable bonds is 5. The summed E-state index contributed by atoms with van der Waals surface area (Å²) in [4.78, 5) is 42.2. The van der Waals surface area contributed by atoms with E-state index >= 15 is 0 Å². The monoisotopic (exact) mass is 411 g/mol. The van der Waals surface area contributed by atoms with Gasteiger partial charge in [0.2, 0.25) is 0 Å². The molecule has 1 aromatic heterocycles. The third-order valence-electron chi connectivity index (χ3n) is 5.67. The van der Waals surface area contributed by atoms with E-state index in [0.29, 0.717) is 35.1 Å². The predicted molar refractivity (Wildman–Crippen MR) is 110 cm³/mol. The van der Waals surface area contributed by atoms with Crippen LogP contribution < -0.4 is 11.0 Å². The van der Waals surface area contributed by atoms with Crippen LogP contribution in [0.4, 0.5) is 10.1 Å². The number of anilines is 1. The number of hydrogen-bond donors (Lipinski definition) is 3. The molecule has 1 fully saturated rings. The van der Waals surface area contributed by atoms with E-state index in [4.69, 9.17) is 4.74 Å². The van der Waals surface area contributed by atoms with Crippen molar-refractivity contribution in [1.29, 1.82) is 0 Å². The topological polar surface area (TPSA) is 104 Å². The number of aromatic amines is 2. The Kier molecular flexibility index (Phi) is 5.15. The highest BCUT2D eigenvalue weighted by atomic mass is 19.1. The molecule has 0 aliphatic heterocycles. The Morgan fingerprint density at radius 1 is 1.10 bits per heavy atom. The molecule has 8 heteroatoms. The summed E-state index contributed by atoms with van der Waals surface area (Å²) in [5, 5.41) is 2.68. The molecule has 0 bridgehead atoms. The third-order valence-corrected chi connectivity index (χ3v) is 5.67. The van der Waals surface area contributed by atoms with Crippen LogP contribution in [0.2, 0.25) is 0 Å². The fourth-order valence-corrected chi connectivity index (χ4v) is 4.09. The van der Waals surface area contributed by atoms with Crippen molar-refractivity contribution in [2.24, 2.45) is 0 Å². The minimum Gasteiger partial charge on any atom is -0.452 e. The maximum absolute atomic E-state index is 14.4. The van der Waals surface area contributed by atoms with Gasteiger partial charge in [0.25, 0.3) is 5.91 Å². The average molecular weight is 411 g/mol. The van der Waals surface area contributed by atoms with E-state index in [1.807, 2.05) is 0 Å². The second-order valence-corrected chi connectivity index (χ2v) is 7.65. The van der Waals surface area contributed by atoms with Crippen LogP contribution in [0, 0.1) is 5.82 Å². The molecule has 4 rings (SSSR count). The molecule has 0 spiro atoms. The summed E-state index contributed by atoms with van der Waals surface area (Å²) in [6, 6.07) is 11.1. The van der Waals surface area contributed by atoms with Gasteiger partial charge in [-0.3, -0.25) is 9.59 Å². The molecule has 0 saturated heterocycles. The maximum Gasteiger partial charge on any atom is 0.323 e. The number of benzene rings is 2. The van der Waals surface area contributed by atoms with Gasteiger partial charge in [-0.1, -0.05) is 31.0 Å². The van der Waals surface area contributed by atoms with Crippen LogP contribution in [-0.4, -0.2) is 27.9 Å². The van der Waals surface area contributed by atoms with E-state index in [9.17, 15) is 18.8 Å². The lowest BCUT2D eigenvalue weighted by Gasteiger charge is -2.29. The van der Waals surface area contributed by atoms with E-state index in [-0.39, 0.29) is 5.69 Å². The number of nitrogens with one attached hydrogen (secondary N) is 3. The first-order valence-corrected chi connectivity index (χ1v) is 9.88. The van der Waals surface area contributed by atoms with Gasteiger partial charge in [-0.15, -0.1) is 0 Å². The van der Waals surface area contributed by atoms with Crippen LogP contribution in [-0.2, 0) is 19.7 Å². The van der Waals surface area contributed by atoms with Gasteiger partial charge in [-0.25, -0.2) is 9.18 Å². The molecule has 1 aliphatic carbocycles. The summed E-state index contributed by atoms with van der Waals surface area (Å²) in [6.07, 6.45) is 1.48. The molecule has 3 aromatic rings. The van der Waals surface area contributed by atoms with Gasteiger partial charge in [0.1, 0.15) is 5.82 Å². The van der Waals surface area contributed by atoms with Crippen molar-refractivity contribution < 1.29 is 18.7 Å². The number of imidazole rings is 1. The summed E-state index contributed by atoms with van der Waals surface area (Å²) in [5.74, 6) is -1.54. The third kappa shape index (κ3) is 3.60. The highest BCUT2D eigenvalue weighted by Gasteiger charge is 2.46. The van der Waals surface area contributed by atoms with E-state index < -0.39 is 29.2 Å². The summed E-state index contributed by atoms with van der Waals surface area (Å²) >= 11 is 0. The van der Waals surface area contributed by atoms with E-state index in [1.54, 1.807) is 36.4 Å². The summed E-state index contributed by atoms with van der Waals surface area (Å²) < 4.78 is 19.9. The molecule has 0 radical (unpaired) electrons. The van der Waals surface area contributed by atoms with Crippen LogP contribution in [0.1, 0.15) is 38.2 Å². The second kappa shape index (κ2) is 7.78. The van der Waals surface area contributed by atoms with E-state index in [2.05, 4.69) is 15.3 Å². The van der Waals surface area contributed by atoms with Crippen molar-refractivity contribution in [3.05, 3.63) is 64.3 Å². The SMILES string of the molecule is C[C@@H](OC(=O)C1(c2ccccc2F)CCCC1)C(=O)Nc1ccc2[nH]c(=O)[nH]c2c1. The van der Waals surface area contributed by atoms with Crippen molar-refractivity contribution in [3.8, 4) is 0 Å². The van der Waals surface area contributed by atoms with E-state index in [1.165, 1.54) is 13.0 Å². The van der Waals surface area contributed by atoms with Gasteiger partial charge in [0.15, 0.2) is 6.10 Å². The Bertz CT molecular complexity index is 1160. The average Bonchev–Trinajstić information content (AvgIpc) is 3.34. The number of amides is 1. The van der Waals surface area contributed by atoms with Crippen molar-refractivity contribution in [1.82, 2.24) is 9.97 Å². The Hall–Kier alpha value is -3.42. The number of H-pyrrole nitrogens is 2. The molecule has 1 aliphatic rings. The predicted octanol–water partition coefficient (Wildman–Crippen LogP) is 3.38. The van der Waals surface area contributed by atoms with Gasteiger partial charge < -0.3 is 20.0 Å². The highest BCUT2D eigenvalue weighted by molar-refractivity contribution is 5.97. The van der Waals surface area contributed by atoms with Gasteiger partial charge in [-0.05, 0) is 44.0 Å². The summed E-state index contributed by atoms with van der Waals surface area (Å²) in [5.41, 5.74) is 0.532. The maximum atomic E-state index is 14.4. The Balaban J connectivity index is 1.49. The largest absolute Gasteiger partial charge is 0.452 e. The van der Waals surface area contributed by atoms with Gasteiger partial charge in [0, 0.05) is 11.3 Å². The number of esters is 1. The van der Waals surface area contributed by atoms with Crippen LogP contribution in [0.15, 0.2) is 47.3 Å². The lowest BCUT2D eigenvalue weighted by Crippen LogP contribution is -2.40. The molecular formula is C22H22FN3O4. The van der Waals surface area contributed by atoms with Crippen molar-refractivity contribution >= 4 is 28.6 Å². The second-order valence-electron chi connectivity index (χ2n) is 7.65. The Morgan fingerprint density at radius 2 is 1.80 bits per heavy atom. The number of halogens is 1. The van der Waals surface area contributed by atoms with Crippen LogP contribution in [0.25, 0.3) is 11.0 Å². The Labute approximate surface area is 171 Å². The summed E-state index contributed by atoms with van der Waals surface area (Å²) in [7, 11) is 0. The molecule has 1 saturated carbocycles. The van der Waals surface area contributed by atoms with Crippen molar-refractivity contribution in [2.45, 2.75) is 44.1 Å². The lowest BCUT2D eigenvalue weighted by molar-refractivity contribution is -0.159. The normalized spacial score (nSPS) is 16.3. The molecule has 2 aromatic carbocycles. The molecular weight excluding hydrogens is 389 g/mol. The lowest BCUT2D eigenvalue weighted by atomic mass is 9.78. The number of carbonyl (C=O) groups excluding carboxylic acids is 2. The van der Waals surface area contributed by atoms with Gasteiger partial charge in [-0.2, -0.15) is 0 Å². The van der Waals surface area contributed by atoms with Crippen LogP contribution in [0.3, 0.4) is 0 Å². The molecule has 0 unspecified atom stereocenters. The fourth-order valence-electron chi connectivity index (χ4n) is 4.09. The zero-order chi connectivity index (χ0) is 21.3. The number of ether oxygens (including phenoxy) is 1. The molecule has 1 heterocycles. The van der Waals surface area contributed by atoms with E-state index in [0.717, 1.165) is 12.8 Å². The molecule has 3 N–H and O–H groups in total. The minimum absolute atomic E-state index is 0.321. The zero-order valence-corrected chi connectivity index (χ0v) is 16.5. The van der Waals surface area contributed by atoms with Crippen molar-refractivity contribution in [2.75, 3.05) is 5.32 Å². The molecule has 7 nitrogen and oxygen atoms in total. The number of hydrogen-bond acceptors (Lipinski definition) is 4. The highest BCUT2D eigenvalue weighted by Crippen LogP contribution is 2.43. The molecule has 1 amide bonds. The van der Waals surface area contributed by atoms with Crippen molar-refractivity contribution in [3.63, 3.8) is 0 Å². The smallest absolute Gasteiger partial charge is 0.323 e. The molecule has 156 valence electrons. The fraction of sp³-hybridized carbons (Fsp3) is 0.318.